The van der Waals surface area contributed by atoms with Crippen molar-refractivity contribution in [1.29, 1.82) is 0 Å². The molecule has 10 nitrogen and oxygen atoms in total. The number of aliphatic carboxylic acids is 1. The normalized spacial score (nSPS) is 13.1. The van der Waals surface area contributed by atoms with Crippen LogP contribution in [0.15, 0.2) is 97.1 Å². The van der Waals surface area contributed by atoms with Crippen LogP contribution < -0.4 is 29.2 Å². The first-order valence-corrected chi connectivity index (χ1v) is 16.3. The highest BCUT2D eigenvalue weighted by Crippen LogP contribution is 2.32. The topological polar surface area (TPSA) is 110 Å². The van der Waals surface area contributed by atoms with Gasteiger partial charge in [-0.2, -0.15) is 0 Å². The fraction of sp³-hybridized carbons (Fsp3) is 0.316. The van der Waals surface area contributed by atoms with Crippen molar-refractivity contribution >= 4 is 23.3 Å². The molecule has 48 heavy (non-hydrogen) atoms. The van der Waals surface area contributed by atoms with Gasteiger partial charge in [0.2, 0.25) is 0 Å². The van der Waals surface area contributed by atoms with Crippen LogP contribution in [0.25, 0.3) is 0 Å². The summed E-state index contributed by atoms with van der Waals surface area (Å²) in [6.07, 6.45) is 1.22. The van der Waals surface area contributed by atoms with Crippen LogP contribution in [0.1, 0.15) is 35.2 Å². The Morgan fingerprint density at radius 2 is 1.42 bits per heavy atom. The number of methoxy groups -OCH3 is 1. The molecule has 5 rings (SSSR count). The van der Waals surface area contributed by atoms with E-state index in [1.807, 2.05) is 48.5 Å². The van der Waals surface area contributed by atoms with Crippen LogP contribution in [0, 0.1) is 0 Å². The molecular formula is C38H43N3O7. The zero-order valence-corrected chi connectivity index (χ0v) is 27.3. The summed E-state index contributed by atoms with van der Waals surface area (Å²) in [4.78, 5) is 29.0. The summed E-state index contributed by atoms with van der Waals surface area (Å²) in [6, 6.07) is 30.2. The van der Waals surface area contributed by atoms with Gasteiger partial charge in [-0.25, -0.2) is 0 Å². The number of nitrogens with zero attached hydrogens (tertiary/aromatic N) is 2. The number of para-hydroxylation sites is 4. The molecule has 0 unspecified atom stereocenters. The van der Waals surface area contributed by atoms with Crippen LogP contribution in [-0.2, 0) is 11.4 Å². The van der Waals surface area contributed by atoms with Crippen LogP contribution >= 0.6 is 0 Å². The summed E-state index contributed by atoms with van der Waals surface area (Å²) in [5, 5.41) is 11.8. The first kappa shape index (κ1) is 34.1. The van der Waals surface area contributed by atoms with Crippen LogP contribution in [0.4, 0.5) is 11.4 Å². The molecule has 1 fully saturated rings. The largest absolute Gasteiger partial charge is 0.495 e. The van der Waals surface area contributed by atoms with Crippen LogP contribution in [-0.4, -0.2) is 74.9 Å². The minimum Gasteiger partial charge on any atom is -0.495 e. The van der Waals surface area contributed by atoms with Crippen molar-refractivity contribution in [1.82, 2.24) is 4.90 Å². The SMILES string of the molecule is COc1ccccc1N1CCN(CCCOc2ccc(C(=O)Nc3ccccc3OCCCC(=O)O)cc2OCc2ccccc2)CC1. The molecule has 0 saturated carbocycles. The lowest BCUT2D eigenvalue weighted by Gasteiger charge is -2.36. The lowest BCUT2D eigenvalue weighted by Crippen LogP contribution is -2.46. The molecule has 1 amide bonds. The Labute approximate surface area is 281 Å². The Morgan fingerprint density at radius 1 is 0.729 bits per heavy atom. The lowest BCUT2D eigenvalue weighted by molar-refractivity contribution is -0.137. The Morgan fingerprint density at radius 3 is 2.19 bits per heavy atom. The molecule has 4 aromatic rings. The summed E-state index contributed by atoms with van der Waals surface area (Å²) < 4.78 is 23.7. The molecule has 0 bridgehead atoms. The molecule has 0 aromatic heterocycles. The maximum absolute atomic E-state index is 13.4. The number of benzene rings is 4. The zero-order valence-electron chi connectivity index (χ0n) is 27.3. The van der Waals surface area contributed by atoms with Gasteiger partial charge in [0.15, 0.2) is 11.5 Å². The van der Waals surface area contributed by atoms with E-state index in [9.17, 15) is 9.59 Å². The monoisotopic (exact) mass is 653 g/mol. The van der Waals surface area contributed by atoms with Crippen molar-refractivity contribution in [3.8, 4) is 23.0 Å². The van der Waals surface area contributed by atoms with Gasteiger partial charge in [-0.05, 0) is 60.9 Å². The Balaban J connectivity index is 1.17. The molecule has 1 aliphatic rings. The summed E-state index contributed by atoms with van der Waals surface area (Å²) in [6.45, 7) is 5.76. The maximum atomic E-state index is 13.4. The van der Waals surface area contributed by atoms with E-state index < -0.39 is 5.97 Å². The second kappa shape index (κ2) is 17.6. The van der Waals surface area contributed by atoms with Gasteiger partial charge in [0.05, 0.1) is 31.7 Å². The fourth-order valence-corrected chi connectivity index (χ4v) is 5.49. The smallest absolute Gasteiger partial charge is 0.303 e. The number of hydrogen-bond acceptors (Lipinski definition) is 8. The molecular weight excluding hydrogens is 610 g/mol. The number of hydrogen-bond donors (Lipinski definition) is 2. The zero-order chi connectivity index (χ0) is 33.6. The van der Waals surface area contributed by atoms with Crippen molar-refractivity contribution in [2.45, 2.75) is 25.9 Å². The van der Waals surface area contributed by atoms with Crippen molar-refractivity contribution < 1.29 is 33.6 Å². The van der Waals surface area contributed by atoms with E-state index in [1.165, 1.54) is 0 Å². The van der Waals surface area contributed by atoms with Crippen molar-refractivity contribution in [2.24, 2.45) is 0 Å². The van der Waals surface area contributed by atoms with Gasteiger partial charge in [-0.15, -0.1) is 0 Å². The number of carbonyl (C=O) groups excluding carboxylic acids is 1. The van der Waals surface area contributed by atoms with Crippen LogP contribution in [0.3, 0.4) is 0 Å². The highest BCUT2D eigenvalue weighted by Gasteiger charge is 2.20. The minimum absolute atomic E-state index is 0.0104. The summed E-state index contributed by atoms with van der Waals surface area (Å²) in [5.74, 6) is 1.22. The number of amides is 1. The molecule has 0 spiro atoms. The molecule has 4 aromatic carbocycles. The van der Waals surface area contributed by atoms with Crippen molar-refractivity contribution in [3.63, 3.8) is 0 Å². The summed E-state index contributed by atoms with van der Waals surface area (Å²) >= 11 is 0. The van der Waals surface area contributed by atoms with Gasteiger partial charge in [-0.3, -0.25) is 14.5 Å². The number of carboxylic acids is 1. The highest BCUT2D eigenvalue weighted by atomic mass is 16.5. The molecule has 0 radical (unpaired) electrons. The number of carbonyl (C=O) groups is 2. The number of carboxylic acid groups (broad SMARTS) is 1. The predicted octanol–water partition coefficient (Wildman–Crippen LogP) is 6.36. The number of piperazine rings is 1. The third kappa shape index (κ3) is 9.89. The van der Waals surface area contributed by atoms with E-state index >= 15 is 0 Å². The molecule has 2 N–H and O–H groups in total. The average Bonchev–Trinajstić information content (AvgIpc) is 3.12. The molecule has 252 valence electrons. The van der Waals surface area contributed by atoms with Gasteiger partial charge >= 0.3 is 5.97 Å². The van der Waals surface area contributed by atoms with Gasteiger partial charge in [0, 0.05) is 44.7 Å². The molecule has 0 aliphatic carbocycles. The molecule has 1 heterocycles. The Kier molecular flexibility index (Phi) is 12.5. The Hall–Kier alpha value is -5.22. The van der Waals surface area contributed by atoms with E-state index in [-0.39, 0.29) is 18.9 Å². The molecule has 10 heteroatoms. The van der Waals surface area contributed by atoms with Gasteiger partial charge in [-0.1, -0.05) is 54.6 Å². The van der Waals surface area contributed by atoms with E-state index in [2.05, 4.69) is 21.2 Å². The number of anilines is 2. The highest BCUT2D eigenvalue weighted by molar-refractivity contribution is 6.05. The maximum Gasteiger partial charge on any atom is 0.303 e. The third-order valence-corrected chi connectivity index (χ3v) is 8.05. The number of nitrogens with one attached hydrogen (secondary N) is 1. The summed E-state index contributed by atoms with van der Waals surface area (Å²) in [7, 11) is 1.71. The van der Waals surface area contributed by atoms with Crippen molar-refractivity contribution in [2.75, 3.05) is 63.3 Å². The standard InChI is InChI=1S/C38H43N3O7/c1-45-34-16-8-6-14-32(34)41-23-21-40(22-24-41)20-10-26-47-35-19-18-30(27-36(35)48-28-29-11-3-2-4-12-29)38(44)39-31-13-5-7-15-33(31)46-25-9-17-37(42)43/h2-8,11-16,18-19,27H,9-10,17,20-26,28H2,1H3,(H,39,44)(H,42,43). The molecule has 1 aliphatic heterocycles. The van der Waals surface area contributed by atoms with Gasteiger partial charge in [0.1, 0.15) is 18.1 Å². The number of rotatable bonds is 17. The second-order valence-corrected chi connectivity index (χ2v) is 11.4. The van der Waals surface area contributed by atoms with E-state index in [4.69, 9.17) is 24.1 Å². The lowest BCUT2D eigenvalue weighted by atomic mass is 10.1. The second-order valence-electron chi connectivity index (χ2n) is 11.4. The van der Waals surface area contributed by atoms with Crippen LogP contribution in [0.5, 0.6) is 23.0 Å². The quantitative estimate of drug-likeness (QED) is 0.126. The molecule has 1 saturated heterocycles. The van der Waals surface area contributed by atoms with Gasteiger partial charge < -0.3 is 34.3 Å². The van der Waals surface area contributed by atoms with Gasteiger partial charge in [0.25, 0.3) is 5.91 Å². The first-order chi connectivity index (χ1) is 23.5. The summed E-state index contributed by atoms with van der Waals surface area (Å²) in [5.41, 5.74) is 3.03. The van der Waals surface area contributed by atoms with E-state index in [0.717, 1.165) is 56.1 Å². The molecule has 0 atom stereocenters. The predicted molar refractivity (Wildman–Crippen MR) is 186 cm³/mol. The van der Waals surface area contributed by atoms with E-state index in [0.29, 0.717) is 48.1 Å². The van der Waals surface area contributed by atoms with Crippen molar-refractivity contribution in [3.05, 3.63) is 108 Å². The Bertz CT molecular complexity index is 1620. The van der Waals surface area contributed by atoms with E-state index in [1.54, 1.807) is 49.6 Å². The first-order valence-electron chi connectivity index (χ1n) is 16.3. The minimum atomic E-state index is -0.878. The fourth-order valence-electron chi connectivity index (χ4n) is 5.49. The van der Waals surface area contributed by atoms with Crippen LogP contribution in [0.2, 0.25) is 0 Å². The average molecular weight is 654 g/mol. The number of ether oxygens (including phenoxy) is 4. The third-order valence-electron chi connectivity index (χ3n) is 8.05.